The van der Waals surface area contributed by atoms with Gasteiger partial charge in [-0.1, -0.05) is 11.6 Å². The molecule has 0 spiro atoms. The van der Waals surface area contributed by atoms with E-state index >= 15 is 0 Å². The zero-order chi connectivity index (χ0) is 14.5. The molecule has 0 bridgehead atoms. The number of pyridine rings is 1. The van der Waals surface area contributed by atoms with E-state index in [1.165, 1.54) is 0 Å². The van der Waals surface area contributed by atoms with Crippen molar-refractivity contribution in [1.82, 2.24) is 4.98 Å². The Morgan fingerprint density at radius 1 is 1.30 bits per heavy atom. The fourth-order valence-corrected chi connectivity index (χ4v) is 1.74. The maximum atomic E-state index is 12.0. The van der Waals surface area contributed by atoms with Gasteiger partial charge < -0.3 is 10.1 Å². The van der Waals surface area contributed by atoms with Gasteiger partial charge in [0.05, 0.1) is 0 Å². The van der Waals surface area contributed by atoms with Crippen LogP contribution in [0.4, 0.5) is 5.69 Å². The van der Waals surface area contributed by atoms with Gasteiger partial charge in [0, 0.05) is 23.1 Å². The van der Waals surface area contributed by atoms with Crippen LogP contribution < -0.4 is 10.1 Å². The molecule has 4 nitrogen and oxygen atoms in total. The fraction of sp³-hybridized carbons (Fsp3) is 0.200. The third-order valence-corrected chi connectivity index (χ3v) is 3.18. The summed E-state index contributed by atoms with van der Waals surface area (Å²) in [6, 6.07) is 8.73. The third kappa shape index (κ3) is 3.71. The molecule has 0 radical (unpaired) electrons. The first-order valence-electron chi connectivity index (χ1n) is 6.20. The van der Waals surface area contributed by atoms with Crippen molar-refractivity contribution in [2.24, 2.45) is 0 Å². The third-order valence-electron chi connectivity index (χ3n) is 2.76. The quantitative estimate of drug-likeness (QED) is 0.938. The lowest BCUT2D eigenvalue weighted by Crippen LogP contribution is -2.30. The highest BCUT2D eigenvalue weighted by atomic mass is 35.5. The Hall–Kier alpha value is -2.07. The van der Waals surface area contributed by atoms with Gasteiger partial charge in [-0.15, -0.1) is 0 Å². The summed E-state index contributed by atoms with van der Waals surface area (Å²) in [6.07, 6.45) is 2.62. The number of hydrogen-bond donors (Lipinski definition) is 1. The molecule has 2 aromatic rings. The van der Waals surface area contributed by atoms with Crippen LogP contribution in [0.3, 0.4) is 0 Å². The lowest BCUT2D eigenvalue weighted by molar-refractivity contribution is -0.122. The van der Waals surface area contributed by atoms with Crippen LogP contribution >= 0.6 is 11.6 Å². The molecule has 1 aromatic heterocycles. The molecule has 0 aliphatic carbocycles. The average Bonchev–Trinajstić information content (AvgIpc) is 2.44. The SMILES string of the molecule is Cc1cc(O[C@@H](C)C(=O)Nc2ccncc2)ccc1Cl. The molecule has 1 heterocycles. The van der Waals surface area contributed by atoms with E-state index in [1.54, 1.807) is 49.6 Å². The highest BCUT2D eigenvalue weighted by molar-refractivity contribution is 6.31. The number of rotatable bonds is 4. The molecule has 0 saturated carbocycles. The first kappa shape index (κ1) is 14.3. The summed E-state index contributed by atoms with van der Waals surface area (Å²) in [5.41, 5.74) is 1.60. The topological polar surface area (TPSA) is 51.2 Å². The maximum Gasteiger partial charge on any atom is 0.265 e. The first-order chi connectivity index (χ1) is 9.56. The monoisotopic (exact) mass is 290 g/mol. The van der Waals surface area contributed by atoms with Gasteiger partial charge in [0.25, 0.3) is 5.91 Å². The second kappa shape index (κ2) is 6.39. The van der Waals surface area contributed by atoms with Crippen LogP contribution in [0.2, 0.25) is 5.02 Å². The zero-order valence-corrected chi connectivity index (χ0v) is 12.0. The minimum atomic E-state index is -0.608. The van der Waals surface area contributed by atoms with Crippen LogP contribution in [0.5, 0.6) is 5.75 Å². The standard InChI is InChI=1S/C15H15ClN2O2/c1-10-9-13(3-4-14(10)16)20-11(2)15(19)18-12-5-7-17-8-6-12/h3-9,11H,1-2H3,(H,17,18,19)/t11-/m0/s1. The lowest BCUT2D eigenvalue weighted by atomic mass is 10.2. The zero-order valence-electron chi connectivity index (χ0n) is 11.3. The second-order valence-electron chi connectivity index (χ2n) is 4.40. The van der Waals surface area contributed by atoms with Crippen LogP contribution in [0.25, 0.3) is 0 Å². The van der Waals surface area contributed by atoms with Gasteiger partial charge in [-0.25, -0.2) is 0 Å². The predicted molar refractivity (Wildman–Crippen MR) is 79.1 cm³/mol. The van der Waals surface area contributed by atoms with Gasteiger partial charge in [-0.05, 0) is 49.7 Å². The molecule has 1 amide bonds. The van der Waals surface area contributed by atoms with E-state index in [1.807, 2.05) is 6.92 Å². The van der Waals surface area contributed by atoms with Gasteiger partial charge in [0.15, 0.2) is 6.10 Å². The molecule has 0 fully saturated rings. The number of hydrogen-bond acceptors (Lipinski definition) is 3. The molecule has 0 aliphatic heterocycles. The van der Waals surface area contributed by atoms with E-state index in [0.29, 0.717) is 16.5 Å². The van der Waals surface area contributed by atoms with Crippen LogP contribution in [0, 0.1) is 6.92 Å². The molecule has 1 aromatic carbocycles. The van der Waals surface area contributed by atoms with E-state index in [0.717, 1.165) is 5.56 Å². The van der Waals surface area contributed by atoms with E-state index in [4.69, 9.17) is 16.3 Å². The Morgan fingerprint density at radius 3 is 2.65 bits per heavy atom. The van der Waals surface area contributed by atoms with E-state index in [2.05, 4.69) is 10.3 Å². The van der Waals surface area contributed by atoms with Crippen LogP contribution in [-0.4, -0.2) is 17.0 Å². The van der Waals surface area contributed by atoms with Crippen molar-refractivity contribution < 1.29 is 9.53 Å². The minimum absolute atomic E-state index is 0.219. The molecule has 5 heteroatoms. The lowest BCUT2D eigenvalue weighted by Gasteiger charge is -2.15. The number of ether oxygens (including phenoxy) is 1. The number of halogens is 1. The van der Waals surface area contributed by atoms with E-state index < -0.39 is 6.10 Å². The summed E-state index contributed by atoms with van der Waals surface area (Å²) < 4.78 is 5.60. The van der Waals surface area contributed by atoms with E-state index in [9.17, 15) is 4.79 Å². The maximum absolute atomic E-state index is 12.0. The predicted octanol–water partition coefficient (Wildman–Crippen LogP) is 3.45. The molecule has 104 valence electrons. The van der Waals surface area contributed by atoms with Crippen molar-refractivity contribution in [3.63, 3.8) is 0 Å². The van der Waals surface area contributed by atoms with Gasteiger partial charge in [0.1, 0.15) is 5.75 Å². The molecule has 1 N–H and O–H groups in total. The molecular formula is C15H15ClN2O2. The molecule has 20 heavy (non-hydrogen) atoms. The Kier molecular flexibility index (Phi) is 4.58. The highest BCUT2D eigenvalue weighted by Gasteiger charge is 2.15. The van der Waals surface area contributed by atoms with Crippen LogP contribution in [-0.2, 0) is 4.79 Å². The highest BCUT2D eigenvalue weighted by Crippen LogP contribution is 2.22. The number of aryl methyl sites for hydroxylation is 1. The number of carbonyl (C=O) groups is 1. The van der Waals surface area contributed by atoms with Gasteiger partial charge in [-0.2, -0.15) is 0 Å². The van der Waals surface area contributed by atoms with Crippen LogP contribution in [0.15, 0.2) is 42.7 Å². The normalized spacial score (nSPS) is 11.8. The Bertz CT molecular complexity index is 602. The van der Waals surface area contributed by atoms with Gasteiger partial charge in [-0.3, -0.25) is 9.78 Å². The van der Waals surface area contributed by atoms with Gasteiger partial charge >= 0.3 is 0 Å². The number of carbonyl (C=O) groups excluding carboxylic acids is 1. The first-order valence-corrected chi connectivity index (χ1v) is 6.58. The van der Waals surface area contributed by atoms with Crippen molar-refractivity contribution in [2.45, 2.75) is 20.0 Å². The van der Waals surface area contributed by atoms with Crippen molar-refractivity contribution in [3.8, 4) is 5.75 Å². The number of amides is 1. The summed E-state index contributed by atoms with van der Waals surface area (Å²) in [5, 5.41) is 3.43. The molecule has 2 rings (SSSR count). The Labute approximate surface area is 122 Å². The molecule has 0 saturated heterocycles. The fourth-order valence-electron chi connectivity index (χ4n) is 1.63. The van der Waals surface area contributed by atoms with Crippen LogP contribution in [0.1, 0.15) is 12.5 Å². The summed E-state index contributed by atoms with van der Waals surface area (Å²) in [6.45, 7) is 3.58. The van der Waals surface area contributed by atoms with Crippen molar-refractivity contribution >= 4 is 23.2 Å². The Morgan fingerprint density at radius 2 is 2.00 bits per heavy atom. The molecular weight excluding hydrogens is 276 g/mol. The smallest absolute Gasteiger partial charge is 0.265 e. The molecule has 1 atom stereocenters. The van der Waals surface area contributed by atoms with Crippen molar-refractivity contribution in [3.05, 3.63) is 53.3 Å². The molecule has 0 unspecified atom stereocenters. The Balaban J connectivity index is 1.98. The average molecular weight is 291 g/mol. The number of nitrogens with zero attached hydrogens (tertiary/aromatic N) is 1. The largest absolute Gasteiger partial charge is 0.481 e. The minimum Gasteiger partial charge on any atom is -0.481 e. The summed E-state index contributed by atoms with van der Waals surface area (Å²) in [4.78, 5) is 15.9. The van der Waals surface area contributed by atoms with Crippen molar-refractivity contribution in [2.75, 3.05) is 5.32 Å². The number of aromatic nitrogens is 1. The summed E-state index contributed by atoms with van der Waals surface area (Å²) >= 11 is 5.95. The number of nitrogens with one attached hydrogen (secondary N) is 1. The number of benzene rings is 1. The number of anilines is 1. The van der Waals surface area contributed by atoms with E-state index in [-0.39, 0.29) is 5.91 Å². The van der Waals surface area contributed by atoms with Gasteiger partial charge in [0.2, 0.25) is 0 Å². The second-order valence-corrected chi connectivity index (χ2v) is 4.80. The molecule has 0 aliphatic rings. The summed E-state index contributed by atoms with van der Waals surface area (Å²) in [5.74, 6) is 0.396. The van der Waals surface area contributed by atoms with Crippen molar-refractivity contribution in [1.29, 1.82) is 0 Å². The summed E-state index contributed by atoms with van der Waals surface area (Å²) in [7, 11) is 0.